The summed E-state index contributed by atoms with van der Waals surface area (Å²) in [4.78, 5) is 10.6. The van der Waals surface area contributed by atoms with Gasteiger partial charge >= 0.3 is 5.97 Å². The first-order valence-electron chi connectivity index (χ1n) is 7.38. The Balaban J connectivity index is 2.04. The molecule has 0 aromatic heterocycles. The SMILES string of the molecule is COc1ccc(C=CC(=O)O)cc1CSC1CCCCC1. The standard InChI is InChI=1S/C17H22O3S/c1-20-16-9-7-13(8-10-17(18)19)11-14(16)12-21-15-5-3-2-4-6-15/h7-11,15H,2-6,12H2,1H3,(H,18,19). The van der Waals surface area contributed by atoms with E-state index in [0.29, 0.717) is 0 Å². The number of ether oxygens (including phenoxy) is 1. The van der Waals surface area contributed by atoms with Gasteiger partial charge in [-0.25, -0.2) is 4.79 Å². The van der Waals surface area contributed by atoms with Crippen molar-refractivity contribution in [3.8, 4) is 5.75 Å². The summed E-state index contributed by atoms with van der Waals surface area (Å²) in [5.41, 5.74) is 2.04. The van der Waals surface area contributed by atoms with E-state index in [-0.39, 0.29) is 0 Å². The quantitative estimate of drug-likeness (QED) is 0.793. The molecule has 1 fully saturated rings. The molecule has 114 valence electrons. The summed E-state index contributed by atoms with van der Waals surface area (Å²) >= 11 is 1.99. The fourth-order valence-corrected chi connectivity index (χ4v) is 3.93. The maximum Gasteiger partial charge on any atom is 0.328 e. The molecule has 0 heterocycles. The summed E-state index contributed by atoms with van der Waals surface area (Å²) in [5.74, 6) is 0.873. The van der Waals surface area contributed by atoms with Crippen LogP contribution in [0.15, 0.2) is 24.3 Å². The lowest BCUT2D eigenvalue weighted by atomic mass is 10.0. The Labute approximate surface area is 130 Å². The van der Waals surface area contributed by atoms with Crippen LogP contribution in [0.2, 0.25) is 0 Å². The Hall–Kier alpha value is -1.42. The van der Waals surface area contributed by atoms with Gasteiger partial charge in [0.25, 0.3) is 0 Å². The molecule has 0 atom stereocenters. The van der Waals surface area contributed by atoms with Gasteiger partial charge in [-0.05, 0) is 36.6 Å². The van der Waals surface area contributed by atoms with Gasteiger partial charge in [0.15, 0.2) is 0 Å². The number of thioether (sulfide) groups is 1. The average molecular weight is 306 g/mol. The molecule has 1 aromatic rings. The van der Waals surface area contributed by atoms with E-state index in [2.05, 4.69) is 0 Å². The number of hydrogen-bond donors (Lipinski definition) is 1. The molecular weight excluding hydrogens is 284 g/mol. The zero-order valence-corrected chi connectivity index (χ0v) is 13.2. The zero-order valence-electron chi connectivity index (χ0n) is 12.4. The lowest BCUT2D eigenvalue weighted by molar-refractivity contribution is -0.131. The van der Waals surface area contributed by atoms with E-state index in [0.717, 1.165) is 27.9 Å². The summed E-state index contributed by atoms with van der Waals surface area (Å²) in [7, 11) is 1.68. The van der Waals surface area contributed by atoms with Crippen LogP contribution in [0.4, 0.5) is 0 Å². The zero-order chi connectivity index (χ0) is 15.1. The largest absolute Gasteiger partial charge is 0.496 e. The van der Waals surface area contributed by atoms with Crippen LogP contribution in [0.25, 0.3) is 6.08 Å². The lowest BCUT2D eigenvalue weighted by Gasteiger charge is -2.21. The van der Waals surface area contributed by atoms with E-state index >= 15 is 0 Å². The summed E-state index contributed by atoms with van der Waals surface area (Å²) in [5, 5.41) is 9.45. The second-order valence-corrected chi connectivity index (χ2v) is 6.60. The molecule has 0 unspecified atom stereocenters. The molecule has 0 bridgehead atoms. The van der Waals surface area contributed by atoms with Crippen LogP contribution in [0.1, 0.15) is 43.2 Å². The highest BCUT2D eigenvalue weighted by atomic mass is 32.2. The molecule has 1 aliphatic carbocycles. The Bertz CT molecular complexity index is 505. The maximum atomic E-state index is 10.6. The molecule has 1 saturated carbocycles. The van der Waals surface area contributed by atoms with Gasteiger partial charge in [0, 0.05) is 22.6 Å². The lowest BCUT2D eigenvalue weighted by Crippen LogP contribution is -2.08. The summed E-state index contributed by atoms with van der Waals surface area (Å²) in [6.45, 7) is 0. The molecule has 0 amide bonds. The van der Waals surface area contributed by atoms with Gasteiger partial charge in [-0.3, -0.25) is 0 Å². The number of hydrogen-bond acceptors (Lipinski definition) is 3. The highest BCUT2D eigenvalue weighted by Crippen LogP contribution is 2.33. The second kappa shape index (κ2) is 8.13. The van der Waals surface area contributed by atoms with Crippen molar-refractivity contribution in [2.24, 2.45) is 0 Å². The first-order valence-corrected chi connectivity index (χ1v) is 8.43. The number of rotatable bonds is 6. The van der Waals surface area contributed by atoms with E-state index in [1.807, 2.05) is 30.0 Å². The van der Waals surface area contributed by atoms with Crippen molar-refractivity contribution in [1.29, 1.82) is 0 Å². The summed E-state index contributed by atoms with van der Waals surface area (Å²) < 4.78 is 5.41. The van der Waals surface area contributed by atoms with Crippen LogP contribution < -0.4 is 4.74 Å². The fraction of sp³-hybridized carbons (Fsp3) is 0.471. The molecule has 2 rings (SSSR count). The highest BCUT2D eigenvalue weighted by molar-refractivity contribution is 7.99. The van der Waals surface area contributed by atoms with Crippen molar-refractivity contribution in [2.45, 2.75) is 43.1 Å². The minimum atomic E-state index is -0.927. The van der Waals surface area contributed by atoms with Gasteiger partial charge in [-0.15, -0.1) is 0 Å². The van der Waals surface area contributed by atoms with E-state index in [1.165, 1.54) is 38.2 Å². The molecule has 1 N–H and O–H groups in total. The van der Waals surface area contributed by atoms with Crippen LogP contribution in [-0.4, -0.2) is 23.4 Å². The topological polar surface area (TPSA) is 46.5 Å². The number of carboxylic acids is 1. The van der Waals surface area contributed by atoms with Crippen LogP contribution in [0, 0.1) is 0 Å². The summed E-state index contributed by atoms with van der Waals surface area (Å²) in [6.07, 6.45) is 9.47. The van der Waals surface area contributed by atoms with Crippen molar-refractivity contribution in [2.75, 3.05) is 7.11 Å². The first-order chi connectivity index (χ1) is 10.2. The highest BCUT2D eigenvalue weighted by Gasteiger charge is 2.14. The molecule has 1 aliphatic rings. The molecule has 0 aliphatic heterocycles. The summed E-state index contributed by atoms with van der Waals surface area (Å²) in [6, 6.07) is 5.82. The van der Waals surface area contributed by atoms with E-state index in [1.54, 1.807) is 13.2 Å². The van der Waals surface area contributed by atoms with Gasteiger partial charge in [-0.1, -0.05) is 25.3 Å². The minimum absolute atomic E-state index is 0.752. The molecule has 1 aromatic carbocycles. The van der Waals surface area contributed by atoms with Crippen molar-refractivity contribution in [3.63, 3.8) is 0 Å². The third-order valence-corrected chi connectivity index (χ3v) is 5.17. The maximum absolute atomic E-state index is 10.6. The number of benzene rings is 1. The number of carboxylic acid groups (broad SMARTS) is 1. The van der Waals surface area contributed by atoms with Crippen LogP contribution in [-0.2, 0) is 10.5 Å². The molecule has 0 saturated heterocycles. The van der Waals surface area contributed by atoms with Gasteiger partial charge in [0.05, 0.1) is 7.11 Å². The van der Waals surface area contributed by atoms with E-state index in [9.17, 15) is 4.79 Å². The Morgan fingerprint density at radius 2 is 2.14 bits per heavy atom. The number of aliphatic carboxylic acids is 1. The van der Waals surface area contributed by atoms with Crippen molar-refractivity contribution < 1.29 is 14.6 Å². The Kier molecular flexibility index (Phi) is 6.18. The third kappa shape index (κ3) is 5.12. The predicted octanol–water partition coefficient (Wildman–Crippen LogP) is 4.36. The van der Waals surface area contributed by atoms with Crippen molar-refractivity contribution in [1.82, 2.24) is 0 Å². The second-order valence-electron chi connectivity index (χ2n) is 5.31. The van der Waals surface area contributed by atoms with E-state index in [4.69, 9.17) is 9.84 Å². The molecule has 3 nitrogen and oxygen atoms in total. The Morgan fingerprint density at radius 3 is 2.81 bits per heavy atom. The monoisotopic (exact) mass is 306 g/mol. The third-order valence-electron chi connectivity index (χ3n) is 3.75. The van der Waals surface area contributed by atoms with Crippen molar-refractivity contribution in [3.05, 3.63) is 35.4 Å². The minimum Gasteiger partial charge on any atom is -0.496 e. The smallest absolute Gasteiger partial charge is 0.328 e. The molecule has 4 heteroatoms. The van der Waals surface area contributed by atoms with E-state index < -0.39 is 5.97 Å². The molecule has 0 radical (unpaired) electrons. The van der Waals surface area contributed by atoms with Gasteiger partial charge in [-0.2, -0.15) is 11.8 Å². The van der Waals surface area contributed by atoms with Gasteiger partial charge in [0.1, 0.15) is 5.75 Å². The van der Waals surface area contributed by atoms with Crippen LogP contribution >= 0.6 is 11.8 Å². The average Bonchev–Trinajstić information content (AvgIpc) is 2.52. The fourth-order valence-electron chi connectivity index (χ4n) is 2.62. The van der Waals surface area contributed by atoms with Gasteiger partial charge in [0.2, 0.25) is 0 Å². The van der Waals surface area contributed by atoms with Crippen molar-refractivity contribution >= 4 is 23.8 Å². The number of methoxy groups -OCH3 is 1. The molecule has 21 heavy (non-hydrogen) atoms. The molecular formula is C17H22O3S. The molecule has 0 spiro atoms. The van der Waals surface area contributed by atoms with Crippen LogP contribution in [0.3, 0.4) is 0 Å². The van der Waals surface area contributed by atoms with Gasteiger partial charge < -0.3 is 9.84 Å². The number of carbonyl (C=O) groups is 1. The first kappa shape index (κ1) is 16.0. The van der Waals surface area contributed by atoms with Crippen LogP contribution in [0.5, 0.6) is 5.75 Å². The Morgan fingerprint density at radius 1 is 1.38 bits per heavy atom. The normalized spacial score (nSPS) is 16.2. The predicted molar refractivity (Wildman–Crippen MR) is 87.8 cm³/mol.